The largest absolute Gasteiger partial charge is 0.487 e. The molecule has 0 saturated carbocycles. The Morgan fingerprint density at radius 2 is 2.00 bits per heavy atom. The van der Waals surface area contributed by atoms with Gasteiger partial charge in [-0.1, -0.05) is 25.2 Å². The van der Waals surface area contributed by atoms with Crippen molar-refractivity contribution in [2.75, 3.05) is 7.11 Å². The molecular formula is C23H21N5O2S. The summed E-state index contributed by atoms with van der Waals surface area (Å²) in [6, 6.07) is 14.1. The maximum atomic E-state index is 10.1. The van der Waals surface area contributed by atoms with Gasteiger partial charge < -0.3 is 15.2 Å². The lowest BCUT2D eigenvalue weighted by molar-refractivity contribution is 0.323. The van der Waals surface area contributed by atoms with Crippen molar-refractivity contribution in [2.24, 2.45) is 11.7 Å². The van der Waals surface area contributed by atoms with Crippen LogP contribution in [0.2, 0.25) is 0 Å². The highest BCUT2D eigenvalue weighted by atomic mass is 32.1. The number of aromatic nitrogens is 2. The van der Waals surface area contributed by atoms with Crippen LogP contribution in [0, 0.1) is 35.5 Å². The van der Waals surface area contributed by atoms with E-state index in [4.69, 9.17) is 15.2 Å². The summed E-state index contributed by atoms with van der Waals surface area (Å²) in [5, 5.41) is 27.9. The van der Waals surface area contributed by atoms with E-state index >= 15 is 0 Å². The van der Waals surface area contributed by atoms with Crippen LogP contribution < -0.4 is 15.2 Å². The summed E-state index contributed by atoms with van der Waals surface area (Å²) in [5.41, 5.74) is 9.29. The second-order valence-electron chi connectivity index (χ2n) is 7.68. The van der Waals surface area contributed by atoms with Gasteiger partial charge in [0.25, 0.3) is 0 Å². The van der Waals surface area contributed by atoms with E-state index in [-0.39, 0.29) is 11.8 Å². The molecule has 0 spiro atoms. The van der Waals surface area contributed by atoms with Crippen molar-refractivity contribution in [3.63, 3.8) is 0 Å². The first kappa shape index (κ1) is 20.5. The zero-order valence-corrected chi connectivity index (χ0v) is 18.4. The molecule has 3 heterocycles. The molecular weight excluding hydrogens is 410 g/mol. The van der Waals surface area contributed by atoms with Crippen LogP contribution in [-0.4, -0.2) is 17.3 Å². The molecule has 156 valence electrons. The SMILES string of the molecule is COc1ccc(-c2cc(C#N)cc(C3(C(C)C)C(C#N)=C(N)Oc4n[nH]c(C)c43)c2)s1. The zero-order chi connectivity index (χ0) is 22.3. The molecule has 0 amide bonds. The van der Waals surface area contributed by atoms with Crippen molar-refractivity contribution in [2.45, 2.75) is 26.2 Å². The first-order valence-electron chi connectivity index (χ1n) is 9.70. The number of nitrogens with one attached hydrogen (secondary N) is 1. The average Bonchev–Trinajstić information content (AvgIpc) is 3.39. The second-order valence-corrected chi connectivity index (χ2v) is 8.72. The van der Waals surface area contributed by atoms with Crippen LogP contribution in [0.4, 0.5) is 0 Å². The van der Waals surface area contributed by atoms with E-state index in [0.717, 1.165) is 32.3 Å². The molecule has 31 heavy (non-hydrogen) atoms. The predicted molar refractivity (Wildman–Crippen MR) is 117 cm³/mol. The fraction of sp³-hybridized carbons (Fsp3) is 0.261. The molecule has 1 aromatic carbocycles. The van der Waals surface area contributed by atoms with Crippen molar-refractivity contribution >= 4 is 11.3 Å². The molecule has 7 nitrogen and oxygen atoms in total. The van der Waals surface area contributed by atoms with Gasteiger partial charge in [-0.3, -0.25) is 5.10 Å². The third-order valence-electron chi connectivity index (χ3n) is 5.72. The summed E-state index contributed by atoms with van der Waals surface area (Å²) in [7, 11) is 1.62. The maximum absolute atomic E-state index is 10.1. The van der Waals surface area contributed by atoms with Gasteiger partial charge in [0.1, 0.15) is 11.6 Å². The molecule has 1 atom stereocenters. The number of H-pyrrole nitrogens is 1. The first-order valence-corrected chi connectivity index (χ1v) is 10.5. The summed E-state index contributed by atoms with van der Waals surface area (Å²) in [6.45, 7) is 5.94. The summed E-state index contributed by atoms with van der Waals surface area (Å²) >= 11 is 1.49. The molecule has 1 aliphatic rings. The minimum absolute atomic E-state index is 0.0249. The molecule has 0 radical (unpaired) electrons. The molecule has 4 rings (SSSR count). The third kappa shape index (κ3) is 2.96. The molecule has 0 fully saturated rings. The normalized spacial score (nSPS) is 17.6. The number of methoxy groups -OCH3 is 1. The van der Waals surface area contributed by atoms with Crippen LogP contribution in [0.1, 0.15) is 36.2 Å². The minimum Gasteiger partial charge on any atom is -0.487 e. The number of rotatable bonds is 4. The number of hydrogen-bond donors (Lipinski definition) is 2. The Hall–Kier alpha value is -3.75. The van der Waals surface area contributed by atoms with Crippen LogP contribution >= 0.6 is 11.3 Å². The van der Waals surface area contributed by atoms with Gasteiger partial charge >= 0.3 is 0 Å². The number of thiophene rings is 1. The number of nitriles is 2. The van der Waals surface area contributed by atoms with Crippen molar-refractivity contribution in [1.82, 2.24) is 10.2 Å². The van der Waals surface area contributed by atoms with E-state index in [0.29, 0.717) is 17.0 Å². The summed E-state index contributed by atoms with van der Waals surface area (Å²) in [6.07, 6.45) is 0. The molecule has 0 bridgehead atoms. The zero-order valence-electron chi connectivity index (χ0n) is 17.6. The highest BCUT2D eigenvalue weighted by molar-refractivity contribution is 7.17. The Morgan fingerprint density at radius 1 is 1.23 bits per heavy atom. The van der Waals surface area contributed by atoms with E-state index < -0.39 is 5.41 Å². The smallest absolute Gasteiger partial charge is 0.244 e. The fourth-order valence-corrected chi connectivity index (χ4v) is 5.22. The molecule has 3 aromatic rings. The number of allylic oxidation sites excluding steroid dienone is 1. The maximum Gasteiger partial charge on any atom is 0.244 e. The number of fused-ring (bicyclic) bond motifs is 1. The quantitative estimate of drug-likeness (QED) is 0.633. The van der Waals surface area contributed by atoms with Gasteiger partial charge in [-0.05, 0) is 54.3 Å². The second kappa shape index (κ2) is 7.50. The molecule has 0 aliphatic carbocycles. The number of ether oxygens (including phenoxy) is 2. The Kier molecular flexibility index (Phi) is 4.96. The van der Waals surface area contributed by atoms with Crippen molar-refractivity contribution in [1.29, 1.82) is 10.5 Å². The number of aromatic amines is 1. The third-order valence-corrected chi connectivity index (χ3v) is 6.81. The number of hydrogen-bond acceptors (Lipinski definition) is 7. The minimum atomic E-state index is -0.924. The number of aryl methyl sites for hydroxylation is 1. The van der Waals surface area contributed by atoms with Gasteiger partial charge in [-0.2, -0.15) is 10.5 Å². The Balaban J connectivity index is 2.08. The average molecular weight is 432 g/mol. The fourth-order valence-electron chi connectivity index (χ4n) is 4.41. The lowest BCUT2D eigenvalue weighted by atomic mass is 9.61. The van der Waals surface area contributed by atoms with Crippen LogP contribution in [-0.2, 0) is 5.41 Å². The molecule has 1 unspecified atom stereocenters. The van der Waals surface area contributed by atoms with E-state index in [9.17, 15) is 10.5 Å². The van der Waals surface area contributed by atoms with Gasteiger partial charge in [-0.25, -0.2) is 0 Å². The standard InChI is InChI=1S/C23H21N5O2S/c1-12(2)23(17(11-25)21(26)30-22-20(23)13(3)27-28-22)16-8-14(10-24)7-15(9-16)18-5-6-19(29-4)31-18/h5-9,12H,26H2,1-4H3,(H,27,28). The van der Waals surface area contributed by atoms with E-state index in [1.165, 1.54) is 11.3 Å². The van der Waals surface area contributed by atoms with E-state index in [2.05, 4.69) is 22.3 Å². The number of nitrogens with zero attached hydrogens (tertiary/aromatic N) is 3. The van der Waals surface area contributed by atoms with Gasteiger partial charge in [0.15, 0.2) is 5.06 Å². The Bertz CT molecular complexity index is 1290. The van der Waals surface area contributed by atoms with Gasteiger partial charge in [0, 0.05) is 10.6 Å². The lowest BCUT2D eigenvalue weighted by Crippen LogP contribution is -2.41. The number of nitrogens with two attached hydrogens (primary N) is 1. The topological polar surface area (TPSA) is 121 Å². The van der Waals surface area contributed by atoms with E-state index in [1.807, 2.05) is 51.1 Å². The predicted octanol–water partition coefficient (Wildman–Crippen LogP) is 4.36. The van der Waals surface area contributed by atoms with Crippen LogP contribution in [0.3, 0.4) is 0 Å². The van der Waals surface area contributed by atoms with Gasteiger partial charge in [-0.15, -0.1) is 5.10 Å². The number of benzene rings is 1. The van der Waals surface area contributed by atoms with E-state index in [1.54, 1.807) is 7.11 Å². The molecule has 8 heteroatoms. The monoisotopic (exact) mass is 431 g/mol. The van der Waals surface area contributed by atoms with Crippen molar-refractivity contribution < 1.29 is 9.47 Å². The Labute approximate surface area is 184 Å². The summed E-state index contributed by atoms with van der Waals surface area (Å²) in [5.74, 6) is 0.292. The Morgan fingerprint density at radius 3 is 2.61 bits per heavy atom. The highest BCUT2D eigenvalue weighted by Crippen LogP contribution is 2.53. The van der Waals surface area contributed by atoms with Crippen LogP contribution in [0.15, 0.2) is 41.8 Å². The van der Waals surface area contributed by atoms with Crippen LogP contribution in [0.25, 0.3) is 10.4 Å². The summed E-state index contributed by atoms with van der Waals surface area (Å²) in [4.78, 5) is 0.959. The molecule has 0 saturated heterocycles. The molecule has 1 aliphatic heterocycles. The van der Waals surface area contributed by atoms with Crippen molar-refractivity contribution in [3.05, 3.63) is 64.2 Å². The van der Waals surface area contributed by atoms with Gasteiger partial charge in [0.2, 0.25) is 11.8 Å². The van der Waals surface area contributed by atoms with Crippen molar-refractivity contribution in [3.8, 4) is 33.5 Å². The van der Waals surface area contributed by atoms with Gasteiger partial charge in [0.05, 0.1) is 29.7 Å². The lowest BCUT2D eigenvalue weighted by Gasteiger charge is -2.41. The first-order chi connectivity index (χ1) is 14.9. The molecule has 3 N–H and O–H groups in total. The van der Waals surface area contributed by atoms with Crippen LogP contribution in [0.5, 0.6) is 10.9 Å². The molecule has 2 aromatic heterocycles. The summed E-state index contributed by atoms with van der Waals surface area (Å²) < 4.78 is 11.0. The highest BCUT2D eigenvalue weighted by Gasteiger charge is 2.50.